The molecule has 2 aliphatic rings. The normalized spacial score (nSPS) is 21.7. The van der Waals surface area contributed by atoms with Gasteiger partial charge in [-0.3, -0.25) is 24.4 Å². The molecule has 6 nitrogen and oxygen atoms in total. The largest absolute Gasteiger partial charge is 0.310 e. The van der Waals surface area contributed by atoms with Gasteiger partial charge in [0.25, 0.3) is 5.56 Å². The summed E-state index contributed by atoms with van der Waals surface area (Å²) in [5.41, 5.74) is 1.54. The average Bonchev–Trinajstić information content (AvgIpc) is 3.14. The summed E-state index contributed by atoms with van der Waals surface area (Å²) in [6.45, 7) is 0. The van der Waals surface area contributed by atoms with Gasteiger partial charge in [-0.25, -0.2) is 0 Å². The average molecular weight is 330 g/mol. The van der Waals surface area contributed by atoms with Crippen molar-refractivity contribution in [1.82, 2.24) is 14.8 Å². The lowest BCUT2D eigenvalue weighted by atomic mass is 10.1. The van der Waals surface area contributed by atoms with E-state index in [0.29, 0.717) is 17.1 Å². The Morgan fingerprint density at radius 3 is 2.65 bits per heavy atom. The Balaban J connectivity index is 1.85. The zero-order chi connectivity index (χ0) is 15.8. The Kier molecular flexibility index (Phi) is 3.72. The first kappa shape index (κ1) is 14.6. The van der Waals surface area contributed by atoms with Crippen LogP contribution in [0.5, 0.6) is 0 Å². The molecule has 4 rings (SSSR count). The van der Waals surface area contributed by atoms with E-state index in [0.717, 1.165) is 31.2 Å². The van der Waals surface area contributed by atoms with Gasteiger partial charge in [0.05, 0.1) is 22.6 Å². The number of carbonyl (C=O) groups excluding carboxylic acids is 1. The van der Waals surface area contributed by atoms with Gasteiger partial charge in [0, 0.05) is 12.4 Å². The molecule has 2 N–H and O–H groups in total. The Labute approximate surface area is 137 Å². The molecule has 1 fully saturated rings. The standard InChI is InChI=1S/C16H18N4O2S/c21-12-9-23-14(10-5-7-17-8-6-10)13-15(18-12)20(19-16(13)22)11-3-1-2-4-11/h5-8,11,14H,1-4,9H2,(H,18,21)(H,19,22). The fourth-order valence-corrected chi connectivity index (χ4v) is 4.61. The Hall–Kier alpha value is -2.02. The van der Waals surface area contributed by atoms with Gasteiger partial charge in [0.15, 0.2) is 0 Å². The van der Waals surface area contributed by atoms with E-state index in [1.54, 1.807) is 12.4 Å². The van der Waals surface area contributed by atoms with Crippen molar-refractivity contribution in [2.75, 3.05) is 11.1 Å². The number of hydrogen-bond donors (Lipinski definition) is 2. The minimum Gasteiger partial charge on any atom is -0.310 e. The predicted molar refractivity (Wildman–Crippen MR) is 89.7 cm³/mol. The second kappa shape index (κ2) is 5.88. The molecule has 0 aromatic carbocycles. The molecule has 0 bridgehead atoms. The molecule has 1 saturated carbocycles. The second-order valence-corrected chi connectivity index (χ2v) is 7.12. The minimum atomic E-state index is -0.154. The van der Waals surface area contributed by atoms with Crippen molar-refractivity contribution >= 4 is 23.5 Å². The number of thioether (sulfide) groups is 1. The van der Waals surface area contributed by atoms with Crippen LogP contribution in [-0.4, -0.2) is 26.4 Å². The van der Waals surface area contributed by atoms with Gasteiger partial charge in [-0.15, -0.1) is 11.8 Å². The van der Waals surface area contributed by atoms with E-state index in [4.69, 9.17) is 0 Å². The van der Waals surface area contributed by atoms with Gasteiger partial charge in [-0.2, -0.15) is 0 Å². The fourth-order valence-electron chi connectivity index (χ4n) is 3.48. The van der Waals surface area contributed by atoms with Crippen LogP contribution in [0.3, 0.4) is 0 Å². The maximum atomic E-state index is 12.6. The molecular formula is C16H18N4O2S. The highest BCUT2D eigenvalue weighted by Crippen LogP contribution is 2.41. The lowest BCUT2D eigenvalue weighted by Gasteiger charge is -2.16. The SMILES string of the molecule is O=C1CSC(c2ccncc2)c2c(n(C3CCCC3)[nH]c2=O)N1. The van der Waals surface area contributed by atoms with Crippen LogP contribution in [-0.2, 0) is 4.79 Å². The van der Waals surface area contributed by atoms with Gasteiger partial charge in [0.2, 0.25) is 5.91 Å². The molecule has 0 saturated heterocycles. The summed E-state index contributed by atoms with van der Waals surface area (Å²) < 4.78 is 1.89. The second-order valence-electron chi connectivity index (χ2n) is 6.03. The summed E-state index contributed by atoms with van der Waals surface area (Å²) in [5.74, 6) is 0.934. The summed E-state index contributed by atoms with van der Waals surface area (Å²) in [7, 11) is 0. The van der Waals surface area contributed by atoms with Crippen molar-refractivity contribution in [2.24, 2.45) is 0 Å². The van der Waals surface area contributed by atoms with E-state index >= 15 is 0 Å². The van der Waals surface area contributed by atoms with Gasteiger partial charge >= 0.3 is 0 Å². The first-order chi connectivity index (χ1) is 11.2. The number of amides is 1. The summed E-state index contributed by atoms with van der Waals surface area (Å²) >= 11 is 1.48. The van der Waals surface area contributed by atoms with Crippen LogP contribution in [0.1, 0.15) is 48.1 Å². The van der Waals surface area contributed by atoms with E-state index in [1.165, 1.54) is 11.8 Å². The molecule has 0 spiro atoms. The number of hydrogen-bond acceptors (Lipinski definition) is 4. The molecule has 2 aromatic heterocycles. The number of aromatic amines is 1. The highest BCUT2D eigenvalue weighted by Gasteiger charge is 2.32. The van der Waals surface area contributed by atoms with Crippen molar-refractivity contribution in [3.63, 3.8) is 0 Å². The molecule has 1 unspecified atom stereocenters. The third-order valence-electron chi connectivity index (χ3n) is 4.56. The fraction of sp³-hybridized carbons (Fsp3) is 0.438. The molecule has 3 heterocycles. The Morgan fingerprint density at radius 1 is 1.17 bits per heavy atom. The maximum Gasteiger partial charge on any atom is 0.270 e. The van der Waals surface area contributed by atoms with Crippen LogP contribution in [0.2, 0.25) is 0 Å². The third-order valence-corrected chi connectivity index (χ3v) is 5.83. The molecule has 0 radical (unpaired) electrons. The first-order valence-corrected chi connectivity index (χ1v) is 8.94. The molecular weight excluding hydrogens is 312 g/mol. The van der Waals surface area contributed by atoms with E-state index in [2.05, 4.69) is 15.4 Å². The quantitative estimate of drug-likeness (QED) is 0.886. The lowest BCUT2D eigenvalue weighted by Crippen LogP contribution is -2.18. The number of H-pyrrole nitrogens is 1. The molecule has 2 aromatic rings. The van der Waals surface area contributed by atoms with Crippen LogP contribution in [0.4, 0.5) is 5.82 Å². The van der Waals surface area contributed by atoms with Crippen LogP contribution < -0.4 is 10.9 Å². The van der Waals surface area contributed by atoms with Crippen molar-refractivity contribution in [1.29, 1.82) is 0 Å². The zero-order valence-electron chi connectivity index (χ0n) is 12.6. The van der Waals surface area contributed by atoms with E-state index in [9.17, 15) is 9.59 Å². The van der Waals surface area contributed by atoms with Crippen LogP contribution >= 0.6 is 11.8 Å². The Morgan fingerprint density at radius 2 is 1.91 bits per heavy atom. The van der Waals surface area contributed by atoms with Crippen molar-refractivity contribution in [3.8, 4) is 0 Å². The molecule has 1 aliphatic heterocycles. The highest BCUT2D eigenvalue weighted by molar-refractivity contribution is 8.00. The number of pyridine rings is 1. The summed E-state index contributed by atoms with van der Waals surface area (Å²) in [6, 6.07) is 4.08. The van der Waals surface area contributed by atoms with E-state index in [1.807, 2.05) is 16.8 Å². The number of nitrogens with one attached hydrogen (secondary N) is 2. The monoisotopic (exact) mass is 330 g/mol. The van der Waals surface area contributed by atoms with Crippen LogP contribution in [0.25, 0.3) is 0 Å². The molecule has 1 atom stereocenters. The van der Waals surface area contributed by atoms with Gasteiger partial charge in [-0.1, -0.05) is 12.8 Å². The third kappa shape index (κ3) is 2.59. The van der Waals surface area contributed by atoms with Crippen LogP contribution in [0.15, 0.2) is 29.3 Å². The summed E-state index contributed by atoms with van der Waals surface area (Å²) in [6.07, 6.45) is 7.85. The number of rotatable bonds is 2. The van der Waals surface area contributed by atoms with Crippen LogP contribution in [0, 0.1) is 0 Å². The first-order valence-electron chi connectivity index (χ1n) is 7.90. The van der Waals surface area contributed by atoms with Crippen molar-refractivity contribution in [2.45, 2.75) is 37.0 Å². The summed E-state index contributed by atoms with van der Waals surface area (Å²) in [4.78, 5) is 28.8. The van der Waals surface area contributed by atoms with Gasteiger partial charge < -0.3 is 5.32 Å². The zero-order valence-corrected chi connectivity index (χ0v) is 13.4. The van der Waals surface area contributed by atoms with Gasteiger partial charge in [-0.05, 0) is 30.5 Å². The number of fused-ring (bicyclic) bond motifs is 1. The molecule has 23 heavy (non-hydrogen) atoms. The van der Waals surface area contributed by atoms with E-state index in [-0.39, 0.29) is 22.8 Å². The predicted octanol–water partition coefficient (Wildman–Crippen LogP) is 2.46. The Bertz CT molecular complexity index is 777. The number of anilines is 1. The van der Waals surface area contributed by atoms with Gasteiger partial charge in [0.1, 0.15) is 5.82 Å². The smallest absolute Gasteiger partial charge is 0.270 e. The van der Waals surface area contributed by atoms with Crippen molar-refractivity contribution < 1.29 is 4.79 Å². The number of aromatic nitrogens is 3. The number of nitrogens with zero attached hydrogens (tertiary/aromatic N) is 2. The molecule has 120 valence electrons. The minimum absolute atomic E-state index is 0.0569. The topological polar surface area (TPSA) is 79.8 Å². The molecule has 7 heteroatoms. The molecule has 1 amide bonds. The molecule has 1 aliphatic carbocycles. The number of carbonyl (C=O) groups is 1. The highest BCUT2D eigenvalue weighted by atomic mass is 32.2. The lowest BCUT2D eigenvalue weighted by molar-refractivity contribution is -0.113. The van der Waals surface area contributed by atoms with E-state index < -0.39 is 0 Å². The maximum absolute atomic E-state index is 12.6. The summed E-state index contributed by atoms with van der Waals surface area (Å²) in [5, 5.41) is 5.75. The van der Waals surface area contributed by atoms with Crippen molar-refractivity contribution in [3.05, 3.63) is 46.0 Å².